The molecule has 0 aliphatic carbocycles. The van der Waals surface area contributed by atoms with E-state index in [0.717, 1.165) is 4.90 Å². The summed E-state index contributed by atoms with van der Waals surface area (Å²) in [6.45, 7) is 1.69. The number of hydrogen-bond donors (Lipinski definition) is 2. The highest BCUT2D eigenvalue weighted by atomic mass is 32.2. The van der Waals surface area contributed by atoms with Crippen molar-refractivity contribution in [1.82, 2.24) is 5.32 Å². The predicted molar refractivity (Wildman–Crippen MR) is 73.5 cm³/mol. The highest BCUT2D eigenvalue weighted by Gasteiger charge is 2.21. The molecule has 0 aromatic heterocycles. The first-order valence-electron chi connectivity index (χ1n) is 5.73. The van der Waals surface area contributed by atoms with E-state index in [1.165, 1.54) is 23.9 Å². The van der Waals surface area contributed by atoms with Crippen molar-refractivity contribution in [3.05, 3.63) is 33.9 Å². The summed E-state index contributed by atoms with van der Waals surface area (Å²) < 4.78 is 0. The van der Waals surface area contributed by atoms with E-state index in [4.69, 9.17) is 5.11 Å². The molecule has 0 heterocycles. The van der Waals surface area contributed by atoms with E-state index in [9.17, 15) is 14.9 Å². The Morgan fingerprint density at radius 3 is 2.79 bits per heavy atom. The summed E-state index contributed by atoms with van der Waals surface area (Å²) in [6, 6.07) is 4.20. The van der Waals surface area contributed by atoms with E-state index in [1.54, 1.807) is 13.0 Å². The molecule has 1 unspecified atom stereocenters. The van der Waals surface area contributed by atoms with Crippen LogP contribution in [0.15, 0.2) is 23.1 Å². The average molecular weight is 284 g/mol. The maximum absolute atomic E-state index is 12.0. The van der Waals surface area contributed by atoms with Crippen molar-refractivity contribution >= 4 is 23.4 Å². The fraction of sp³-hybridized carbons (Fsp3) is 0.417. The maximum Gasteiger partial charge on any atom is 0.282 e. The number of carbonyl (C=O) groups is 1. The third-order valence-corrected chi connectivity index (χ3v) is 3.31. The number of hydrogen-bond acceptors (Lipinski definition) is 5. The second-order valence-corrected chi connectivity index (χ2v) is 4.91. The molecule has 0 spiro atoms. The minimum atomic E-state index is -0.574. The molecule has 1 rings (SSSR count). The third-order valence-electron chi connectivity index (χ3n) is 2.58. The highest BCUT2D eigenvalue weighted by Crippen LogP contribution is 2.24. The zero-order chi connectivity index (χ0) is 14.4. The lowest BCUT2D eigenvalue weighted by atomic mass is 10.1. The number of rotatable bonds is 6. The zero-order valence-electron chi connectivity index (χ0n) is 10.8. The van der Waals surface area contributed by atoms with Gasteiger partial charge in [-0.05, 0) is 31.7 Å². The predicted octanol–water partition coefficient (Wildman–Crippen LogP) is 1.82. The number of aliphatic hydroxyl groups excluding tert-OH is 1. The lowest BCUT2D eigenvalue weighted by molar-refractivity contribution is -0.385. The van der Waals surface area contributed by atoms with Crippen LogP contribution in [0, 0.1) is 10.1 Å². The van der Waals surface area contributed by atoms with Crippen LogP contribution >= 0.6 is 11.8 Å². The number of amides is 1. The van der Waals surface area contributed by atoms with E-state index in [2.05, 4.69) is 5.32 Å². The Bertz CT molecular complexity index is 479. The summed E-state index contributed by atoms with van der Waals surface area (Å²) in [5, 5.41) is 22.3. The Morgan fingerprint density at radius 1 is 1.58 bits per heavy atom. The molecule has 19 heavy (non-hydrogen) atoms. The number of nitrogens with zero attached hydrogens (tertiary/aromatic N) is 1. The molecule has 0 radical (unpaired) electrons. The van der Waals surface area contributed by atoms with Gasteiger partial charge in [0.25, 0.3) is 11.6 Å². The van der Waals surface area contributed by atoms with Crippen LogP contribution in [0.25, 0.3) is 0 Å². The van der Waals surface area contributed by atoms with Gasteiger partial charge in [0.05, 0.1) is 4.92 Å². The van der Waals surface area contributed by atoms with Crippen LogP contribution in [0.2, 0.25) is 0 Å². The van der Waals surface area contributed by atoms with E-state index < -0.39 is 10.8 Å². The van der Waals surface area contributed by atoms with Crippen molar-refractivity contribution in [3.63, 3.8) is 0 Å². The van der Waals surface area contributed by atoms with Gasteiger partial charge < -0.3 is 10.4 Å². The number of thioether (sulfide) groups is 1. The van der Waals surface area contributed by atoms with Gasteiger partial charge in [0.1, 0.15) is 5.56 Å². The highest BCUT2D eigenvalue weighted by molar-refractivity contribution is 7.98. The van der Waals surface area contributed by atoms with Crippen LogP contribution in [0.3, 0.4) is 0 Å². The van der Waals surface area contributed by atoms with Gasteiger partial charge in [-0.15, -0.1) is 11.8 Å². The molecule has 0 fully saturated rings. The maximum atomic E-state index is 12.0. The van der Waals surface area contributed by atoms with E-state index >= 15 is 0 Å². The molecule has 0 aliphatic heterocycles. The van der Waals surface area contributed by atoms with Crippen LogP contribution in [0.5, 0.6) is 0 Å². The molecule has 1 aromatic rings. The van der Waals surface area contributed by atoms with Crippen molar-refractivity contribution in [2.24, 2.45) is 0 Å². The van der Waals surface area contributed by atoms with E-state index in [0.29, 0.717) is 6.42 Å². The molecule has 1 amide bonds. The number of nitrogens with one attached hydrogen (secondary N) is 1. The number of nitro groups is 1. The Kier molecular flexibility index (Phi) is 5.78. The van der Waals surface area contributed by atoms with Crippen LogP contribution < -0.4 is 5.32 Å². The minimum Gasteiger partial charge on any atom is -0.396 e. The molecular weight excluding hydrogens is 268 g/mol. The summed E-state index contributed by atoms with van der Waals surface area (Å²) >= 11 is 1.41. The topological polar surface area (TPSA) is 92.5 Å². The SMILES string of the molecule is CSc1ccc([N+](=O)[O-])c(C(=O)NC(C)CCO)c1. The van der Waals surface area contributed by atoms with E-state index in [1.807, 2.05) is 6.26 Å². The van der Waals surface area contributed by atoms with Crippen molar-refractivity contribution in [2.45, 2.75) is 24.3 Å². The molecule has 7 heteroatoms. The first-order chi connectivity index (χ1) is 8.99. The van der Waals surface area contributed by atoms with Gasteiger partial charge in [0.2, 0.25) is 0 Å². The summed E-state index contributed by atoms with van der Waals surface area (Å²) in [6.07, 6.45) is 2.24. The van der Waals surface area contributed by atoms with Crippen molar-refractivity contribution < 1.29 is 14.8 Å². The smallest absolute Gasteiger partial charge is 0.282 e. The molecule has 0 bridgehead atoms. The molecule has 0 saturated heterocycles. The van der Waals surface area contributed by atoms with Crippen LogP contribution in [-0.4, -0.2) is 34.8 Å². The van der Waals surface area contributed by atoms with E-state index in [-0.39, 0.29) is 23.9 Å². The molecule has 104 valence electrons. The number of nitro benzene ring substituents is 1. The summed E-state index contributed by atoms with van der Waals surface area (Å²) in [7, 11) is 0. The first kappa shape index (κ1) is 15.5. The first-order valence-corrected chi connectivity index (χ1v) is 6.96. The average Bonchev–Trinajstić information content (AvgIpc) is 2.37. The Balaban J connectivity index is 3.02. The second-order valence-electron chi connectivity index (χ2n) is 4.03. The summed E-state index contributed by atoms with van der Waals surface area (Å²) in [5.74, 6) is -0.497. The van der Waals surface area contributed by atoms with Crippen molar-refractivity contribution in [3.8, 4) is 0 Å². The van der Waals surface area contributed by atoms with Gasteiger partial charge in [-0.3, -0.25) is 14.9 Å². The Morgan fingerprint density at radius 2 is 2.26 bits per heavy atom. The van der Waals surface area contributed by atoms with Gasteiger partial charge in [0.15, 0.2) is 0 Å². The summed E-state index contributed by atoms with van der Waals surface area (Å²) in [5.41, 5.74) is -0.173. The molecular formula is C12H16N2O4S. The normalized spacial score (nSPS) is 11.9. The van der Waals surface area contributed by atoms with Gasteiger partial charge in [-0.2, -0.15) is 0 Å². The third kappa shape index (κ3) is 4.22. The Hall–Kier alpha value is -1.60. The monoisotopic (exact) mass is 284 g/mol. The largest absolute Gasteiger partial charge is 0.396 e. The quantitative estimate of drug-likeness (QED) is 0.472. The standard InChI is InChI=1S/C12H16N2O4S/c1-8(5-6-15)13-12(16)10-7-9(19-2)3-4-11(10)14(17)18/h3-4,7-8,15H,5-6H2,1-2H3,(H,13,16). The van der Waals surface area contributed by atoms with Crippen LogP contribution in [0.4, 0.5) is 5.69 Å². The molecule has 1 aromatic carbocycles. The van der Waals surface area contributed by atoms with Crippen LogP contribution in [0.1, 0.15) is 23.7 Å². The lowest BCUT2D eigenvalue weighted by Crippen LogP contribution is -2.33. The molecule has 0 saturated carbocycles. The number of aliphatic hydroxyl groups is 1. The fourth-order valence-electron chi connectivity index (χ4n) is 1.55. The molecule has 2 N–H and O–H groups in total. The van der Waals surface area contributed by atoms with Crippen LogP contribution in [-0.2, 0) is 0 Å². The number of carbonyl (C=O) groups excluding carboxylic acids is 1. The minimum absolute atomic E-state index is 0.0432. The Labute approximate surface area is 115 Å². The second kappa shape index (κ2) is 7.10. The van der Waals surface area contributed by atoms with Gasteiger partial charge in [-0.25, -0.2) is 0 Å². The molecule has 0 aliphatic rings. The molecule has 6 nitrogen and oxygen atoms in total. The van der Waals surface area contributed by atoms with Gasteiger partial charge in [-0.1, -0.05) is 0 Å². The number of benzene rings is 1. The van der Waals surface area contributed by atoms with Crippen molar-refractivity contribution in [2.75, 3.05) is 12.9 Å². The fourth-order valence-corrected chi connectivity index (χ4v) is 1.99. The lowest BCUT2D eigenvalue weighted by Gasteiger charge is -2.12. The molecule has 1 atom stereocenters. The summed E-state index contributed by atoms with van der Waals surface area (Å²) in [4.78, 5) is 23.1. The van der Waals surface area contributed by atoms with Gasteiger partial charge in [0, 0.05) is 23.6 Å². The van der Waals surface area contributed by atoms with Gasteiger partial charge >= 0.3 is 0 Å². The van der Waals surface area contributed by atoms with Crippen molar-refractivity contribution in [1.29, 1.82) is 0 Å². The zero-order valence-corrected chi connectivity index (χ0v) is 11.6.